The van der Waals surface area contributed by atoms with Crippen molar-refractivity contribution in [2.24, 2.45) is 0 Å². The highest BCUT2D eigenvalue weighted by Gasteiger charge is 2.06. The van der Waals surface area contributed by atoms with Crippen LogP contribution in [0.2, 0.25) is 0 Å². The Labute approximate surface area is 127 Å². The van der Waals surface area contributed by atoms with Crippen molar-refractivity contribution < 1.29 is 4.79 Å². The maximum absolute atomic E-state index is 12.0. The number of carbonyl (C=O) groups excluding carboxylic acids is 1. The Bertz CT molecular complexity index is 810. The van der Waals surface area contributed by atoms with E-state index in [4.69, 9.17) is 5.26 Å². The third-order valence-corrected chi connectivity index (χ3v) is 3.36. The lowest BCUT2D eigenvalue weighted by atomic mass is 10.1. The summed E-state index contributed by atoms with van der Waals surface area (Å²) in [6, 6.07) is 14.4. The van der Waals surface area contributed by atoms with Crippen LogP contribution >= 0.6 is 0 Å². The predicted molar refractivity (Wildman–Crippen MR) is 82.4 cm³/mol. The molecule has 1 amide bonds. The first-order chi connectivity index (χ1) is 10.8. The number of fused-ring (bicyclic) bond motifs is 1. The molecule has 3 rings (SSSR count). The maximum atomic E-state index is 12.0. The first-order valence-corrected chi connectivity index (χ1v) is 6.97. The third kappa shape index (κ3) is 2.96. The van der Waals surface area contributed by atoms with Crippen LogP contribution < -0.4 is 5.32 Å². The van der Waals surface area contributed by atoms with Gasteiger partial charge in [0.05, 0.1) is 17.3 Å². The van der Waals surface area contributed by atoms with Crippen molar-refractivity contribution in [3.8, 4) is 6.07 Å². The van der Waals surface area contributed by atoms with E-state index >= 15 is 0 Å². The van der Waals surface area contributed by atoms with Crippen LogP contribution in [0.5, 0.6) is 0 Å². The van der Waals surface area contributed by atoms with Gasteiger partial charge >= 0.3 is 0 Å². The number of aromatic nitrogens is 2. The minimum Gasteiger partial charge on any atom is -0.352 e. The molecule has 2 aromatic heterocycles. The van der Waals surface area contributed by atoms with E-state index in [9.17, 15) is 4.79 Å². The molecule has 0 fully saturated rings. The summed E-state index contributed by atoms with van der Waals surface area (Å²) in [6.45, 7) is 0.517. The summed E-state index contributed by atoms with van der Waals surface area (Å²) in [5, 5.41) is 11.6. The average molecular weight is 290 g/mol. The zero-order valence-electron chi connectivity index (χ0n) is 11.9. The Morgan fingerprint density at radius 3 is 2.77 bits per heavy atom. The van der Waals surface area contributed by atoms with Crippen LogP contribution in [0.25, 0.3) is 5.65 Å². The first-order valence-electron chi connectivity index (χ1n) is 6.97. The molecule has 0 aliphatic rings. The number of pyridine rings is 1. The van der Waals surface area contributed by atoms with Crippen LogP contribution in [0.3, 0.4) is 0 Å². The summed E-state index contributed by atoms with van der Waals surface area (Å²) < 4.78 is 1.96. The van der Waals surface area contributed by atoms with Crippen LogP contribution in [0.15, 0.2) is 54.9 Å². The van der Waals surface area contributed by atoms with E-state index in [1.165, 1.54) is 0 Å². The van der Waals surface area contributed by atoms with Gasteiger partial charge in [-0.3, -0.25) is 4.79 Å². The second-order valence-electron chi connectivity index (χ2n) is 4.89. The molecule has 22 heavy (non-hydrogen) atoms. The standard InChI is InChI=1S/C17H14N4O/c18-11-13-4-6-14(7-5-13)17(22)19-9-8-15-12-21-10-2-1-3-16(21)20-15/h1-7,10,12H,8-9H2,(H,19,22). The lowest BCUT2D eigenvalue weighted by molar-refractivity contribution is 0.0954. The molecule has 0 saturated carbocycles. The average Bonchev–Trinajstić information content (AvgIpc) is 2.97. The van der Waals surface area contributed by atoms with E-state index in [2.05, 4.69) is 10.3 Å². The molecule has 1 N–H and O–H groups in total. The summed E-state index contributed by atoms with van der Waals surface area (Å²) in [5.41, 5.74) is 2.93. The quantitative estimate of drug-likeness (QED) is 0.800. The van der Waals surface area contributed by atoms with Crippen LogP contribution in [0.1, 0.15) is 21.6 Å². The number of carbonyl (C=O) groups is 1. The number of benzene rings is 1. The smallest absolute Gasteiger partial charge is 0.251 e. The lowest BCUT2D eigenvalue weighted by Gasteiger charge is -2.03. The maximum Gasteiger partial charge on any atom is 0.251 e. The van der Waals surface area contributed by atoms with Crippen LogP contribution in [-0.4, -0.2) is 21.8 Å². The third-order valence-electron chi connectivity index (χ3n) is 3.36. The zero-order valence-corrected chi connectivity index (χ0v) is 11.9. The Morgan fingerprint density at radius 1 is 1.23 bits per heavy atom. The first kappa shape index (κ1) is 13.8. The van der Waals surface area contributed by atoms with Gasteiger partial charge in [0.2, 0.25) is 0 Å². The highest BCUT2D eigenvalue weighted by atomic mass is 16.1. The molecular formula is C17H14N4O. The van der Waals surface area contributed by atoms with Gasteiger partial charge in [-0.1, -0.05) is 6.07 Å². The molecule has 0 aliphatic heterocycles. The van der Waals surface area contributed by atoms with Gasteiger partial charge in [0.1, 0.15) is 5.65 Å². The fourth-order valence-electron chi connectivity index (χ4n) is 2.21. The summed E-state index contributed by atoms with van der Waals surface area (Å²) >= 11 is 0. The summed E-state index contributed by atoms with van der Waals surface area (Å²) in [4.78, 5) is 16.5. The molecule has 1 aromatic carbocycles. The number of rotatable bonds is 4. The molecule has 3 aromatic rings. The lowest BCUT2D eigenvalue weighted by Crippen LogP contribution is -2.25. The van der Waals surface area contributed by atoms with Gasteiger partial charge in [-0.2, -0.15) is 5.26 Å². The molecule has 0 saturated heterocycles. The molecule has 0 bridgehead atoms. The molecular weight excluding hydrogens is 276 g/mol. The van der Waals surface area contributed by atoms with Crippen molar-refractivity contribution in [3.63, 3.8) is 0 Å². The monoisotopic (exact) mass is 290 g/mol. The number of nitrogens with one attached hydrogen (secondary N) is 1. The van der Waals surface area contributed by atoms with Gasteiger partial charge in [0.25, 0.3) is 5.91 Å². The van der Waals surface area contributed by atoms with Gasteiger partial charge in [-0.25, -0.2) is 4.98 Å². The number of nitriles is 1. The molecule has 5 nitrogen and oxygen atoms in total. The van der Waals surface area contributed by atoms with Crippen molar-refractivity contribution in [2.75, 3.05) is 6.54 Å². The Hall–Kier alpha value is -3.13. The van der Waals surface area contributed by atoms with Crippen LogP contribution in [-0.2, 0) is 6.42 Å². The van der Waals surface area contributed by atoms with Gasteiger partial charge < -0.3 is 9.72 Å². The highest BCUT2D eigenvalue weighted by Crippen LogP contribution is 2.05. The Balaban J connectivity index is 1.57. The number of imidazole rings is 1. The molecule has 5 heteroatoms. The van der Waals surface area contributed by atoms with E-state index < -0.39 is 0 Å². The predicted octanol–water partition coefficient (Wildman–Crippen LogP) is 2.18. The second kappa shape index (κ2) is 6.10. The van der Waals surface area contributed by atoms with Crippen LogP contribution in [0, 0.1) is 11.3 Å². The van der Waals surface area contributed by atoms with Gasteiger partial charge in [-0.05, 0) is 36.4 Å². The number of hydrogen-bond donors (Lipinski definition) is 1. The van der Waals surface area contributed by atoms with E-state index in [0.29, 0.717) is 24.1 Å². The minimum absolute atomic E-state index is 0.145. The van der Waals surface area contributed by atoms with Crippen molar-refractivity contribution in [3.05, 3.63) is 71.7 Å². The minimum atomic E-state index is -0.145. The van der Waals surface area contributed by atoms with Crippen molar-refractivity contribution in [2.45, 2.75) is 6.42 Å². The van der Waals surface area contributed by atoms with Crippen molar-refractivity contribution >= 4 is 11.6 Å². The molecule has 0 unspecified atom stereocenters. The highest BCUT2D eigenvalue weighted by molar-refractivity contribution is 5.94. The summed E-state index contributed by atoms with van der Waals surface area (Å²) in [7, 11) is 0. The molecule has 108 valence electrons. The number of nitrogens with zero attached hydrogens (tertiary/aromatic N) is 3. The Morgan fingerprint density at radius 2 is 2.05 bits per heavy atom. The zero-order chi connectivity index (χ0) is 15.4. The molecule has 0 atom stereocenters. The second-order valence-corrected chi connectivity index (χ2v) is 4.89. The SMILES string of the molecule is N#Cc1ccc(C(=O)NCCc2cn3ccccc3n2)cc1. The Kier molecular flexibility index (Phi) is 3.84. The van der Waals surface area contributed by atoms with E-state index in [1.54, 1.807) is 24.3 Å². The van der Waals surface area contributed by atoms with Crippen molar-refractivity contribution in [1.82, 2.24) is 14.7 Å². The number of amides is 1. The summed E-state index contributed by atoms with van der Waals surface area (Å²) in [5.74, 6) is -0.145. The molecule has 0 spiro atoms. The van der Waals surface area contributed by atoms with E-state index in [1.807, 2.05) is 41.1 Å². The van der Waals surface area contributed by atoms with Crippen LogP contribution in [0.4, 0.5) is 0 Å². The van der Waals surface area contributed by atoms with Gasteiger partial charge in [0.15, 0.2) is 0 Å². The normalized spacial score (nSPS) is 10.3. The fraction of sp³-hybridized carbons (Fsp3) is 0.118. The van der Waals surface area contributed by atoms with E-state index in [-0.39, 0.29) is 5.91 Å². The fourth-order valence-corrected chi connectivity index (χ4v) is 2.21. The molecule has 0 aliphatic carbocycles. The molecule has 0 radical (unpaired) electrons. The largest absolute Gasteiger partial charge is 0.352 e. The van der Waals surface area contributed by atoms with Gasteiger partial charge in [-0.15, -0.1) is 0 Å². The summed E-state index contributed by atoms with van der Waals surface area (Å²) in [6.07, 6.45) is 4.58. The van der Waals surface area contributed by atoms with Gasteiger partial charge in [0, 0.05) is 30.9 Å². The topological polar surface area (TPSA) is 70.2 Å². The van der Waals surface area contributed by atoms with Crippen molar-refractivity contribution in [1.29, 1.82) is 5.26 Å². The molecule has 2 heterocycles. The van der Waals surface area contributed by atoms with E-state index in [0.717, 1.165) is 11.3 Å². The number of hydrogen-bond acceptors (Lipinski definition) is 3.